The van der Waals surface area contributed by atoms with Crippen LogP contribution in [0, 0.1) is 0 Å². The average Bonchev–Trinajstić information content (AvgIpc) is 3.13. The first kappa shape index (κ1) is 21.9. The third-order valence-corrected chi connectivity index (χ3v) is 3.87. The zero-order valence-corrected chi connectivity index (χ0v) is 16.6. The van der Waals surface area contributed by atoms with E-state index in [0.717, 1.165) is 10.4 Å². The summed E-state index contributed by atoms with van der Waals surface area (Å²) in [6.07, 6.45) is 1.02. The summed E-state index contributed by atoms with van der Waals surface area (Å²) in [5, 5.41) is 10.0. The lowest BCUT2D eigenvalue weighted by Crippen LogP contribution is -2.62. The highest BCUT2D eigenvalue weighted by Crippen LogP contribution is 2.18. The van der Waals surface area contributed by atoms with E-state index in [1.165, 1.54) is 13.1 Å². The first-order valence-electron chi connectivity index (χ1n) is 9.13. The van der Waals surface area contributed by atoms with Crippen molar-refractivity contribution in [2.45, 2.75) is 39.3 Å². The molecule has 10 nitrogen and oxygen atoms in total. The van der Waals surface area contributed by atoms with Crippen LogP contribution in [0.25, 0.3) is 0 Å². The van der Waals surface area contributed by atoms with Crippen molar-refractivity contribution in [3.63, 3.8) is 0 Å². The minimum Gasteiger partial charge on any atom is -0.464 e. The van der Waals surface area contributed by atoms with Crippen LogP contribution in [0.5, 0.6) is 0 Å². The van der Waals surface area contributed by atoms with Gasteiger partial charge < -0.3 is 19.6 Å². The number of nitrogens with zero attached hydrogens (tertiary/aromatic N) is 3. The molecule has 0 bridgehead atoms. The maximum atomic E-state index is 12.7. The summed E-state index contributed by atoms with van der Waals surface area (Å²) in [4.78, 5) is 43.9. The zero-order chi connectivity index (χ0) is 21.3. The van der Waals surface area contributed by atoms with Crippen molar-refractivity contribution in [3.05, 3.63) is 47.8 Å². The van der Waals surface area contributed by atoms with Gasteiger partial charge in [0.15, 0.2) is 0 Å². The van der Waals surface area contributed by atoms with Crippen LogP contribution in [-0.4, -0.2) is 51.8 Å². The quantitative estimate of drug-likeness (QED) is 0.447. The van der Waals surface area contributed by atoms with Crippen molar-refractivity contribution in [3.8, 4) is 0 Å². The smallest absolute Gasteiger partial charge is 0.344 e. The lowest BCUT2D eigenvalue weighted by Gasteiger charge is -2.29. The number of amides is 1. The topological polar surface area (TPSA) is 122 Å². The lowest BCUT2D eigenvalue weighted by molar-refractivity contribution is -0.168. The summed E-state index contributed by atoms with van der Waals surface area (Å²) in [7, 11) is 0. The Bertz CT molecular complexity index is 818. The van der Waals surface area contributed by atoms with E-state index in [4.69, 9.17) is 14.3 Å². The molecule has 29 heavy (non-hydrogen) atoms. The van der Waals surface area contributed by atoms with E-state index in [-0.39, 0.29) is 31.9 Å². The predicted octanol–water partition coefficient (Wildman–Crippen LogP) is 0.451. The number of aromatic nitrogens is 3. The van der Waals surface area contributed by atoms with Crippen LogP contribution >= 0.6 is 0 Å². The number of esters is 2. The Morgan fingerprint density at radius 1 is 1.07 bits per heavy atom. The largest absolute Gasteiger partial charge is 0.464 e. The molecule has 0 atom stereocenters. The highest BCUT2D eigenvalue weighted by molar-refractivity contribution is 6.08. The highest BCUT2D eigenvalue weighted by atomic mass is 16.7. The molecule has 1 heterocycles. The SMILES string of the molecule is CCOC(=O)C(Cc1cnnn1OCc1ccccc1)(NC(C)=O)C(=O)OCC. The van der Waals surface area contributed by atoms with Crippen LogP contribution in [-0.2, 0) is 36.9 Å². The van der Waals surface area contributed by atoms with Crippen molar-refractivity contribution in [1.29, 1.82) is 0 Å². The fraction of sp³-hybridized carbons (Fsp3) is 0.421. The third-order valence-electron chi connectivity index (χ3n) is 3.87. The minimum atomic E-state index is -2.09. The molecule has 0 fully saturated rings. The summed E-state index contributed by atoms with van der Waals surface area (Å²) >= 11 is 0. The second-order valence-corrected chi connectivity index (χ2v) is 6.06. The summed E-state index contributed by atoms with van der Waals surface area (Å²) in [6, 6.07) is 9.35. The molecule has 0 radical (unpaired) electrons. The molecule has 1 N–H and O–H groups in total. The molecule has 2 aromatic rings. The normalized spacial score (nSPS) is 10.9. The Kier molecular flexibility index (Phi) is 7.70. The number of carbonyl (C=O) groups is 3. The average molecular weight is 404 g/mol. The van der Waals surface area contributed by atoms with E-state index in [1.54, 1.807) is 13.8 Å². The van der Waals surface area contributed by atoms with Gasteiger partial charge in [-0.05, 0) is 24.6 Å². The van der Waals surface area contributed by atoms with Gasteiger partial charge in [-0.3, -0.25) is 4.79 Å². The minimum absolute atomic E-state index is 0.0155. The monoisotopic (exact) mass is 404 g/mol. The molecule has 0 aliphatic heterocycles. The molecule has 10 heteroatoms. The standard InChI is InChI=1S/C19H24N4O6/c1-4-27-17(25)19(21-14(3)24,18(26)28-5-2)11-16-12-20-22-23(16)29-13-15-9-7-6-8-10-15/h6-10,12H,4-5,11,13H2,1-3H3,(H,21,24). The van der Waals surface area contributed by atoms with Gasteiger partial charge in [-0.25, -0.2) is 9.59 Å². The Balaban J connectivity index is 2.32. The van der Waals surface area contributed by atoms with Gasteiger partial charge in [-0.1, -0.05) is 35.2 Å². The van der Waals surface area contributed by atoms with Crippen LogP contribution < -0.4 is 10.2 Å². The Labute approximate surface area is 168 Å². The zero-order valence-electron chi connectivity index (χ0n) is 16.6. The Morgan fingerprint density at radius 2 is 1.69 bits per heavy atom. The molecule has 0 aliphatic carbocycles. The van der Waals surface area contributed by atoms with Gasteiger partial charge in [0, 0.05) is 13.3 Å². The maximum absolute atomic E-state index is 12.7. The Morgan fingerprint density at radius 3 is 2.24 bits per heavy atom. The van der Waals surface area contributed by atoms with Crippen molar-refractivity contribution in [1.82, 2.24) is 20.5 Å². The van der Waals surface area contributed by atoms with Gasteiger partial charge in [-0.15, -0.1) is 5.10 Å². The number of carbonyl (C=O) groups excluding carboxylic acids is 3. The fourth-order valence-corrected chi connectivity index (χ4v) is 2.63. The van der Waals surface area contributed by atoms with Gasteiger partial charge in [0.1, 0.15) is 12.3 Å². The highest BCUT2D eigenvalue weighted by Gasteiger charge is 2.51. The number of hydrogen-bond acceptors (Lipinski definition) is 8. The molecular weight excluding hydrogens is 380 g/mol. The molecule has 0 unspecified atom stereocenters. The van der Waals surface area contributed by atoms with Crippen molar-refractivity contribution >= 4 is 17.8 Å². The van der Waals surface area contributed by atoms with Gasteiger partial charge in [0.05, 0.1) is 19.4 Å². The molecule has 1 aromatic heterocycles. The van der Waals surface area contributed by atoms with Gasteiger partial charge in [0.2, 0.25) is 11.4 Å². The van der Waals surface area contributed by atoms with Gasteiger partial charge in [-0.2, -0.15) is 0 Å². The summed E-state index contributed by atoms with van der Waals surface area (Å²) < 4.78 is 10.1. The number of hydrogen-bond donors (Lipinski definition) is 1. The van der Waals surface area contributed by atoms with Crippen LogP contribution in [0.3, 0.4) is 0 Å². The molecule has 1 aromatic carbocycles. The van der Waals surface area contributed by atoms with E-state index in [0.29, 0.717) is 0 Å². The number of ether oxygens (including phenoxy) is 2. The van der Waals surface area contributed by atoms with Crippen molar-refractivity contribution < 1.29 is 28.7 Å². The molecule has 2 rings (SSSR count). The van der Waals surface area contributed by atoms with Gasteiger partial charge in [0.25, 0.3) is 0 Å². The molecule has 0 saturated carbocycles. The second kappa shape index (κ2) is 10.2. The number of rotatable bonds is 10. The van der Waals surface area contributed by atoms with Crippen LogP contribution in [0.15, 0.2) is 36.5 Å². The van der Waals surface area contributed by atoms with E-state index >= 15 is 0 Å². The molecule has 0 saturated heterocycles. The summed E-state index contributed by atoms with van der Waals surface area (Å²) in [5.74, 6) is -2.48. The van der Waals surface area contributed by atoms with E-state index in [1.807, 2.05) is 30.3 Å². The third kappa shape index (κ3) is 5.53. The Hall–Kier alpha value is -3.43. The van der Waals surface area contributed by atoms with E-state index < -0.39 is 23.4 Å². The van der Waals surface area contributed by atoms with Crippen LogP contribution in [0.1, 0.15) is 32.0 Å². The predicted molar refractivity (Wildman–Crippen MR) is 100 cm³/mol. The summed E-state index contributed by atoms with van der Waals surface area (Å²) in [6.45, 7) is 4.59. The van der Waals surface area contributed by atoms with Crippen LogP contribution in [0.2, 0.25) is 0 Å². The summed E-state index contributed by atoms with van der Waals surface area (Å²) in [5.41, 5.74) is -0.929. The van der Waals surface area contributed by atoms with Crippen LogP contribution in [0.4, 0.5) is 0 Å². The van der Waals surface area contributed by atoms with Crippen molar-refractivity contribution in [2.75, 3.05) is 13.2 Å². The molecule has 156 valence electrons. The van der Waals surface area contributed by atoms with Crippen molar-refractivity contribution in [2.24, 2.45) is 0 Å². The number of benzene rings is 1. The van der Waals surface area contributed by atoms with E-state index in [2.05, 4.69) is 15.6 Å². The molecule has 0 spiro atoms. The first-order chi connectivity index (χ1) is 13.9. The number of nitrogens with one attached hydrogen (secondary N) is 1. The van der Waals surface area contributed by atoms with E-state index in [9.17, 15) is 14.4 Å². The molecular formula is C19H24N4O6. The first-order valence-corrected chi connectivity index (χ1v) is 9.13. The lowest BCUT2D eigenvalue weighted by atomic mass is 9.93. The molecule has 0 aliphatic rings. The fourth-order valence-electron chi connectivity index (χ4n) is 2.63. The maximum Gasteiger partial charge on any atom is 0.344 e. The second-order valence-electron chi connectivity index (χ2n) is 6.06. The molecule has 1 amide bonds. The van der Waals surface area contributed by atoms with Gasteiger partial charge >= 0.3 is 11.9 Å².